The molecule has 1 aromatic rings. The van der Waals surface area contributed by atoms with E-state index in [1.807, 2.05) is 39.8 Å². The van der Waals surface area contributed by atoms with Gasteiger partial charge in [-0.25, -0.2) is 0 Å². The standard InChI is InChI=1S/C15H23NO2/c1-11-6-8-12(9-7-11)10-13(16-5)14(17)18-15(2,3)4/h6-9,13,16H,10H2,1-5H3. The Morgan fingerprint density at radius 3 is 2.28 bits per heavy atom. The molecule has 0 aromatic heterocycles. The van der Waals surface area contributed by atoms with Gasteiger partial charge < -0.3 is 10.1 Å². The lowest BCUT2D eigenvalue weighted by atomic mass is 10.0. The maximum atomic E-state index is 12.0. The Hall–Kier alpha value is -1.35. The van der Waals surface area contributed by atoms with E-state index in [0.29, 0.717) is 6.42 Å². The lowest BCUT2D eigenvalue weighted by Gasteiger charge is -2.23. The van der Waals surface area contributed by atoms with Crippen LogP contribution in [0.1, 0.15) is 31.9 Å². The third-order valence-corrected chi connectivity index (χ3v) is 2.60. The Labute approximate surface area is 110 Å². The molecule has 0 bridgehead atoms. The second-order valence-electron chi connectivity index (χ2n) is 5.56. The summed E-state index contributed by atoms with van der Waals surface area (Å²) >= 11 is 0. The molecule has 1 aromatic carbocycles. The summed E-state index contributed by atoms with van der Waals surface area (Å²) in [5.41, 5.74) is 1.90. The normalized spacial score (nSPS) is 13.2. The number of carbonyl (C=O) groups is 1. The third-order valence-electron chi connectivity index (χ3n) is 2.60. The van der Waals surface area contributed by atoms with Crippen LogP contribution in [0.2, 0.25) is 0 Å². The number of esters is 1. The van der Waals surface area contributed by atoms with Gasteiger partial charge in [-0.15, -0.1) is 0 Å². The van der Waals surface area contributed by atoms with Crippen LogP contribution in [0, 0.1) is 6.92 Å². The fraction of sp³-hybridized carbons (Fsp3) is 0.533. The first-order chi connectivity index (χ1) is 8.31. The van der Waals surface area contributed by atoms with Crippen LogP contribution in [0.15, 0.2) is 24.3 Å². The minimum atomic E-state index is -0.445. The van der Waals surface area contributed by atoms with Crippen molar-refractivity contribution in [2.24, 2.45) is 0 Å². The van der Waals surface area contributed by atoms with Gasteiger partial charge in [-0.1, -0.05) is 29.8 Å². The number of benzene rings is 1. The predicted molar refractivity (Wildman–Crippen MR) is 73.6 cm³/mol. The van der Waals surface area contributed by atoms with Gasteiger partial charge in [0.25, 0.3) is 0 Å². The summed E-state index contributed by atoms with van der Waals surface area (Å²) in [5, 5.41) is 3.01. The van der Waals surface area contributed by atoms with Crippen molar-refractivity contribution in [1.29, 1.82) is 0 Å². The molecule has 0 amide bonds. The van der Waals surface area contributed by atoms with Crippen molar-refractivity contribution in [1.82, 2.24) is 5.32 Å². The molecule has 1 rings (SSSR count). The van der Waals surface area contributed by atoms with E-state index in [4.69, 9.17) is 4.74 Å². The molecule has 1 N–H and O–H groups in total. The van der Waals surface area contributed by atoms with Crippen LogP contribution in [-0.2, 0) is 16.0 Å². The van der Waals surface area contributed by atoms with Crippen LogP contribution in [0.4, 0.5) is 0 Å². The molecule has 18 heavy (non-hydrogen) atoms. The fourth-order valence-electron chi connectivity index (χ4n) is 1.64. The smallest absolute Gasteiger partial charge is 0.323 e. The molecule has 1 atom stereocenters. The average molecular weight is 249 g/mol. The van der Waals surface area contributed by atoms with Gasteiger partial charge in [0.15, 0.2) is 0 Å². The Morgan fingerprint density at radius 2 is 1.83 bits per heavy atom. The summed E-state index contributed by atoms with van der Waals surface area (Å²) in [4.78, 5) is 12.0. The summed E-state index contributed by atoms with van der Waals surface area (Å²) < 4.78 is 5.39. The molecule has 0 aliphatic heterocycles. The second kappa shape index (κ2) is 6.01. The number of hydrogen-bond acceptors (Lipinski definition) is 3. The van der Waals surface area contributed by atoms with Crippen molar-refractivity contribution in [2.45, 2.75) is 45.8 Å². The zero-order chi connectivity index (χ0) is 13.8. The van der Waals surface area contributed by atoms with Gasteiger partial charge >= 0.3 is 5.97 Å². The lowest BCUT2D eigenvalue weighted by molar-refractivity contribution is -0.157. The molecule has 0 aliphatic carbocycles. The quantitative estimate of drug-likeness (QED) is 0.833. The van der Waals surface area contributed by atoms with Crippen LogP contribution >= 0.6 is 0 Å². The monoisotopic (exact) mass is 249 g/mol. The maximum absolute atomic E-state index is 12.0. The molecule has 3 nitrogen and oxygen atoms in total. The van der Waals surface area contributed by atoms with E-state index in [-0.39, 0.29) is 12.0 Å². The summed E-state index contributed by atoms with van der Waals surface area (Å²) in [6.07, 6.45) is 0.645. The summed E-state index contributed by atoms with van der Waals surface area (Å²) in [7, 11) is 1.78. The molecule has 0 fully saturated rings. The van der Waals surface area contributed by atoms with Gasteiger partial charge in [0.1, 0.15) is 11.6 Å². The van der Waals surface area contributed by atoms with E-state index in [0.717, 1.165) is 5.56 Å². The topological polar surface area (TPSA) is 38.3 Å². The number of nitrogens with one attached hydrogen (secondary N) is 1. The molecule has 0 heterocycles. The van der Waals surface area contributed by atoms with E-state index in [1.165, 1.54) is 5.56 Å². The number of rotatable bonds is 4. The van der Waals surface area contributed by atoms with Crippen molar-refractivity contribution in [3.63, 3.8) is 0 Å². The fourth-order valence-corrected chi connectivity index (χ4v) is 1.64. The molecule has 100 valence electrons. The number of carbonyl (C=O) groups excluding carboxylic acids is 1. The van der Waals surface area contributed by atoms with Crippen LogP contribution in [0.3, 0.4) is 0 Å². The predicted octanol–water partition coefficient (Wildman–Crippen LogP) is 2.47. The Balaban J connectivity index is 2.67. The Kier molecular flexibility index (Phi) is 4.91. The van der Waals surface area contributed by atoms with Crippen molar-refractivity contribution in [3.8, 4) is 0 Å². The largest absolute Gasteiger partial charge is 0.459 e. The molecule has 0 saturated heterocycles. The molecule has 0 aliphatic rings. The van der Waals surface area contributed by atoms with Crippen molar-refractivity contribution in [2.75, 3.05) is 7.05 Å². The molecule has 1 unspecified atom stereocenters. The number of aryl methyl sites for hydroxylation is 1. The third kappa shape index (κ3) is 4.88. The highest BCUT2D eigenvalue weighted by Gasteiger charge is 2.23. The van der Waals surface area contributed by atoms with Crippen molar-refractivity contribution < 1.29 is 9.53 Å². The van der Waals surface area contributed by atoms with Gasteiger partial charge in [0, 0.05) is 0 Å². The van der Waals surface area contributed by atoms with Gasteiger partial charge in [-0.05, 0) is 46.7 Å². The van der Waals surface area contributed by atoms with E-state index in [2.05, 4.69) is 17.4 Å². The maximum Gasteiger partial charge on any atom is 0.323 e. The van der Waals surface area contributed by atoms with Crippen molar-refractivity contribution in [3.05, 3.63) is 35.4 Å². The van der Waals surface area contributed by atoms with Gasteiger partial charge in [0.2, 0.25) is 0 Å². The molecule has 3 heteroatoms. The van der Waals surface area contributed by atoms with E-state index < -0.39 is 5.60 Å². The Morgan fingerprint density at radius 1 is 1.28 bits per heavy atom. The first kappa shape index (κ1) is 14.7. The molecular formula is C15H23NO2. The summed E-state index contributed by atoms with van der Waals surface area (Å²) in [6.45, 7) is 7.68. The van der Waals surface area contributed by atoms with Crippen molar-refractivity contribution >= 4 is 5.97 Å². The zero-order valence-electron chi connectivity index (χ0n) is 11.9. The molecule has 0 radical (unpaired) electrons. The van der Waals surface area contributed by atoms with E-state index in [9.17, 15) is 4.79 Å². The number of likely N-dealkylation sites (N-methyl/N-ethyl adjacent to an activating group) is 1. The second-order valence-corrected chi connectivity index (χ2v) is 5.56. The average Bonchev–Trinajstić information content (AvgIpc) is 2.25. The lowest BCUT2D eigenvalue weighted by Crippen LogP contribution is -2.41. The van der Waals surface area contributed by atoms with Crippen LogP contribution < -0.4 is 5.32 Å². The molecule has 0 spiro atoms. The van der Waals surface area contributed by atoms with Crippen LogP contribution in [0.5, 0.6) is 0 Å². The number of ether oxygens (including phenoxy) is 1. The summed E-state index contributed by atoms with van der Waals surface area (Å²) in [6, 6.07) is 7.90. The number of hydrogen-bond donors (Lipinski definition) is 1. The van der Waals surface area contributed by atoms with E-state index in [1.54, 1.807) is 7.05 Å². The highest BCUT2D eigenvalue weighted by molar-refractivity contribution is 5.76. The van der Waals surface area contributed by atoms with E-state index >= 15 is 0 Å². The summed E-state index contributed by atoms with van der Waals surface area (Å²) in [5.74, 6) is -0.203. The SMILES string of the molecule is CNC(Cc1ccc(C)cc1)C(=O)OC(C)(C)C. The van der Waals surface area contributed by atoms with Gasteiger partial charge in [0.05, 0.1) is 0 Å². The first-order valence-electron chi connectivity index (χ1n) is 6.27. The molecule has 0 saturated carbocycles. The highest BCUT2D eigenvalue weighted by Crippen LogP contribution is 2.11. The minimum absolute atomic E-state index is 0.203. The first-order valence-corrected chi connectivity index (χ1v) is 6.27. The van der Waals surface area contributed by atoms with Crippen LogP contribution in [-0.4, -0.2) is 24.7 Å². The van der Waals surface area contributed by atoms with Gasteiger partial charge in [-0.2, -0.15) is 0 Å². The Bertz CT molecular complexity index is 390. The van der Waals surface area contributed by atoms with Crippen LogP contribution in [0.25, 0.3) is 0 Å². The molecular weight excluding hydrogens is 226 g/mol. The highest BCUT2D eigenvalue weighted by atomic mass is 16.6. The van der Waals surface area contributed by atoms with Gasteiger partial charge in [-0.3, -0.25) is 4.79 Å². The minimum Gasteiger partial charge on any atom is -0.459 e. The zero-order valence-corrected chi connectivity index (χ0v) is 11.9.